The molecule has 26 heavy (non-hydrogen) atoms. The Balaban J connectivity index is 4.46. The Morgan fingerprint density at radius 1 is 1.04 bits per heavy atom. The van der Waals surface area contributed by atoms with Crippen LogP contribution in [0.4, 0.5) is 30.7 Å². The van der Waals surface area contributed by atoms with Crippen molar-refractivity contribution in [2.24, 2.45) is 0 Å². The third kappa shape index (κ3) is 8.03. The molecular formula is C12H19F7N2O4S. The fraction of sp³-hybridized carbons (Fsp3) is 0.917. The lowest BCUT2D eigenvalue weighted by Crippen LogP contribution is -2.53. The van der Waals surface area contributed by atoms with Gasteiger partial charge in [0.05, 0.1) is 12.3 Å². The lowest BCUT2D eigenvalue weighted by molar-refractivity contribution is -0.343. The Labute approximate surface area is 145 Å². The highest BCUT2D eigenvalue weighted by Crippen LogP contribution is 2.48. The Hall–Kier alpha value is -1.15. The van der Waals surface area contributed by atoms with E-state index in [0.29, 0.717) is 0 Å². The molecule has 0 rings (SSSR count). The number of rotatable bonds is 11. The highest BCUT2D eigenvalue weighted by molar-refractivity contribution is 7.89. The predicted molar refractivity (Wildman–Crippen MR) is 76.7 cm³/mol. The number of sulfonamides is 1. The quantitative estimate of drug-likeness (QED) is 0.394. The maximum Gasteiger partial charge on any atom is 0.431 e. The molecule has 14 heteroatoms. The van der Waals surface area contributed by atoms with Crippen LogP contribution in [0.25, 0.3) is 0 Å². The van der Waals surface area contributed by atoms with Crippen LogP contribution in [-0.2, 0) is 14.8 Å². The molecule has 0 aromatic rings. The van der Waals surface area contributed by atoms with E-state index in [1.54, 1.807) is 0 Å². The van der Waals surface area contributed by atoms with Crippen molar-refractivity contribution in [3.63, 3.8) is 0 Å². The first-order valence-electron chi connectivity index (χ1n) is 7.22. The second-order valence-corrected chi connectivity index (χ2v) is 7.52. The fourth-order valence-corrected chi connectivity index (χ4v) is 3.03. The summed E-state index contributed by atoms with van der Waals surface area (Å²) in [6.45, 7) is -0.309. The number of likely N-dealkylation sites (N-methyl/N-ethyl adjacent to an activating group) is 1. The summed E-state index contributed by atoms with van der Waals surface area (Å²) in [7, 11) is -2.75. The van der Waals surface area contributed by atoms with Crippen molar-refractivity contribution in [2.45, 2.75) is 37.3 Å². The molecule has 0 heterocycles. The SMILES string of the molecule is CN(CCCNS(=O)(=O)CCCC(F)(C(F)(F)F)C(F)(F)F)CC(=O)O. The Bertz CT molecular complexity index is 549. The highest BCUT2D eigenvalue weighted by atomic mass is 32.2. The van der Waals surface area contributed by atoms with Gasteiger partial charge in [0.2, 0.25) is 10.0 Å². The van der Waals surface area contributed by atoms with Gasteiger partial charge in [-0.3, -0.25) is 9.69 Å². The Morgan fingerprint density at radius 2 is 1.54 bits per heavy atom. The first-order chi connectivity index (χ1) is 11.5. The minimum Gasteiger partial charge on any atom is -0.480 e. The molecule has 0 saturated heterocycles. The van der Waals surface area contributed by atoms with Gasteiger partial charge in [-0.2, -0.15) is 26.3 Å². The van der Waals surface area contributed by atoms with Gasteiger partial charge in [-0.05, 0) is 26.4 Å². The molecule has 0 aliphatic heterocycles. The summed E-state index contributed by atoms with van der Waals surface area (Å²) in [5, 5.41) is 8.50. The summed E-state index contributed by atoms with van der Waals surface area (Å²) in [6, 6.07) is 0. The first-order valence-corrected chi connectivity index (χ1v) is 8.87. The largest absolute Gasteiger partial charge is 0.480 e. The van der Waals surface area contributed by atoms with Gasteiger partial charge in [0, 0.05) is 13.0 Å². The smallest absolute Gasteiger partial charge is 0.431 e. The number of alkyl halides is 7. The molecule has 0 unspecified atom stereocenters. The Morgan fingerprint density at radius 3 is 1.96 bits per heavy atom. The van der Waals surface area contributed by atoms with Crippen LogP contribution in [0.1, 0.15) is 19.3 Å². The van der Waals surface area contributed by atoms with E-state index in [1.165, 1.54) is 11.9 Å². The van der Waals surface area contributed by atoms with Gasteiger partial charge in [-0.1, -0.05) is 0 Å². The average Bonchev–Trinajstić information content (AvgIpc) is 2.40. The molecule has 0 amide bonds. The molecule has 0 aliphatic rings. The number of carbonyl (C=O) groups is 1. The number of hydrogen-bond donors (Lipinski definition) is 2. The third-order valence-electron chi connectivity index (χ3n) is 3.28. The van der Waals surface area contributed by atoms with Crippen LogP contribution < -0.4 is 4.72 Å². The molecule has 2 N–H and O–H groups in total. The number of nitrogens with zero attached hydrogens (tertiary/aromatic N) is 1. The molecule has 0 aromatic carbocycles. The lowest BCUT2D eigenvalue weighted by atomic mass is 9.99. The molecule has 0 aromatic heterocycles. The fourth-order valence-electron chi connectivity index (χ4n) is 1.91. The van der Waals surface area contributed by atoms with Gasteiger partial charge in [0.1, 0.15) is 0 Å². The van der Waals surface area contributed by atoms with Crippen molar-refractivity contribution >= 4 is 16.0 Å². The summed E-state index contributed by atoms with van der Waals surface area (Å²) < 4.78 is 112. The van der Waals surface area contributed by atoms with E-state index in [0.717, 1.165) is 0 Å². The van der Waals surface area contributed by atoms with Crippen molar-refractivity contribution in [3.05, 3.63) is 0 Å². The number of halogens is 7. The lowest BCUT2D eigenvalue weighted by Gasteiger charge is -2.29. The van der Waals surface area contributed by atoms with Crippen LogP contribution in [-0.4, -0.2) is 74.8 Å². The maximum atomic E-state index is 13.4. The number of carboxylic acids is 1. The molecule has 0 spiro atoms. The zero-order chi connectivity index (χ0) is 20.8. The van der Waals surface area contributed by atoms with Crippen LogP contribution in [0.5, 0.6) is 0 Å². The summed E-state index contributed by atoms with van der Waals surface area (Å²) in [5.74, 6) is -2.22. The monoisotopic (exact) mass is 420 g/mol. The van der Waals surface area contributed by atoms with Gasteiger partial charge in [0.25, 0.3) is 5.67 Å². The standard InChI is InChI=1S/C12H19F7N2O4S/c1-21(8-9(22)23)6-3-5-20-26(24,25)7-2-4-10(13,11(14,15)16)12(17,18)19/h20H,2-8H2,1H3,(H,22,23). The van der Waals surface area contributed by atoms with E-state index in [4.69, 9.17) is 5.11 Å². The molecule has 0 fully saturated rings. The molecule has 0 atom stereocenters. The first kappa shape index (κ1) is 24.8. The zero-order valence-corrected chi connectivity index (χ0v) is 14.4. The van der Waals surface area contributed by atoms with E-state index >= 15 is 0 Å². The molecule has 156 valence electrons. The topological polar surface area (TPSA) is 86.7 Å². The van der Waals surface area contributed by atoms with E-state index < -0.39 is 52.6 Å². The summed E-state index contributed by atoms with van der Waals surface area (Å²) >= 11 is 0. The summed E-state index contributed by atoms with van der Waals surface area (Å²) in [4.78, 5) is 11.8. The normalized spacial score (nSPS) is 14.0. The van der Waals surface area contributed by atoms with Gasteiger partial charge in [0.15, 0.2) is 0 Å². The summed E-state index contributed by atoms with van der Waals surface area (Å²) in [5.41, 5.74) is -5.48. The molecular weight excluding hydrogens is 401 g/mol. The molecule has 0 bridgehead atoms. The molecule has 6 nitrogen and oxygen atoms in total. The van der Waals surface area contributed by atoms with Crippen molar-refractivity contribution in [1.82, 2.24) is 9.62 Å². The second-order valence-electron chi connectivity index (χ2n) is 5.60. The van der Waals surface area contributed by atoms with Crippen LogP contribution in [0.2, 0.25) is 0 Å². The number of aliphatic carboxylic acids is 1. The summed E-state index contributed by atoms with van der Waals surface area (Å²) in [6.07, 6.45) is -15.5. The van der Waals surface area contributed by atoms with Crippen LogP contribution >= 0.6 is 0 Å². The van der Waals surface area contributed by atoms with Crippen molar-refractivity contribution in [2.75, 3.05) is 32.4 Å². The van der Waals surface area contributed by atoms with E-state index in [2.05, 4.69) is 0 Å². The van der Waals surface area contributed by atoms with Gasteiger partial charge in [-0.25, -0.2) is 17.5 Å². The second kappa shape index (κ2) is 9.17. The molecule has 0 radical (unpaired) electrons. The van der Waals surface area contributed by atoms with E-state index in [1.807, 2.05) is 4.72 Å². The van der Waals surface area contributed by atoms with Crippen LogP contribution in [0.3, 0.4) is 0 Å². The minimum atomic E-state index is -6.21. The van der Waals surface area contributed by atoms with E-state index in [9.17, 15) is 43.9 Å². The van der Waals surface area contributed by atoms with Gasteiger partial charge in [-0.15, -0.1) is 0 Å². The number of hydrogen-bond acceptors (Lipinski definition) is 4. The van der Waals surface area contributed by atoms with Crippen LogP contribution in [0.15, 0.2) is 0 Å². The van der Waals surface area contributed by atoms with Gasteiger partial charge >= 0.3 is 18.3 Å². The van der Waals surface area contributed by atoms with Crippen molar-refractivity contribution < 1.29 is 49.1 Å². The predicted octanol–water partition coefficient (Wildman–Crippen LogP) is 1.93. The average molecular weight is 420 g/mol. The Kier molecular flexibility index (Phi) is 8.76. The number of nitrogens with one attached hydrogen (secondary N) is 1. The van der Waals surface area contributed by atoms with Crippen LogP contribution in [0, 0.1) is 0 Å². The number of carboxylic acid groups (broad SMARTS) is 1. The zero-order valence-electron chi connectivity index (χ0n) is 13.6. The molecule has 0 saturated carbocycles. The highest BCUT2D eigenvalue weighted by Gasteiger charge is 2.71. The molecule has 0 aliphatic carbocycles. The maximum absolute atomic E-state index is 13.4. The van der Waals surface area contributed by atoms with Crippen molar-refractivity contribution in [1.29, 1.82) is 0 Å². The van der Waals surface area contributed by atoms with E-state index in [-0.39, 0.29) is 26.1 Å². The third-order valence-corrected chi connectivity index (χ3v) is 4.75. The van der Waals surface area contributed by atoms with Crippen molar-refractivity contribution in [3.8, 4) is 0 Å². The minimum absolute atomic E-state index is 0.154. The van der Waals surface area contributed by atoms with Gasteiger partial charge < -0.3 is 5.11 Å².